The van der Waals surface area contributed by atoms with Gasteiger partial charge in [-0.1, -0.05) is 0 Å². The van der Waals surface area contributed by atoms with Gasteiger partial charge in [0.05, 0.1) is 24.7 Å². The average Bonchev–Trinajstić information content (AvgIpc) is 3.33. The van der Waals surface area contributed by atoms with Crippen LogP contribution in [0.25, 0.3) is 10.9 Å². The van der Waals surface area contributed by atoms with Gasteiger partial charge in [0, 0.05) is 56.5 Å². The molecule has 0 spiro atoms. The highest BCUT2D eigenvalue weighted by Crippen LogP contribution is 2.37. The number of aliphatic hydroxyl groups is 1. The number of rotatable bonds is 6. The van der Waals surface area contributed by atoms with E-state index in [1.807, 2.05) is 0 Å². The molecule has 2 aliphatic rings. The number of fused-ring (bicyclic) bond motifs is 1. The topological polar surface area (TPSA) is 96.7 Å². The molecule has 3 aromatic rings. The van der Waals surface area contributed by atoms with E-state index in [2.05, 4.69) is 48.4 Å². The van der Waals surface area contributed by atoms with Crippen LogP contribution in [0.2, 0.25) is 0 Å². The van der Waals surface area contributed by atoms with Crippen molar-refractivity contribution in [2.45, 2.75) is 25.6 Å². The SMILES string of the molecule is CO[C@H](c1ncc(CO)s1)[C@H]1CCCN(c2nnnc3cc(N4CCOCC4)ccc23)C1. The second kappa shape index (κ2) is 9.62. The Hall–Kier alpha value is -2.40. The van der Waals surface area contributed by atoms with Crippen LogP contribution in [0, 0.1) is 5.92 Å². The van der Waals surface area contributed by atoms with Crippen LogP contribution < -0.4 is 9.80 Å². The molecule has 0 unspecified atom stereocenters. The molecule has 2 aromatic heterocycles. The van der Waals surface area contributed by atoms with Crippen molar-refractivity contribution in [3.05, 3.63) is 34.3 Å². The third kappa shape index (κ3) is 4.27. The van der Waals surface area contributed by atoms with Crippen molar-refractivity contribution in [2.75, 3.05) is 56.3 Å². The smallest absolute Gasteiger partial charge is 0.162 e. The van der Waals surface area contributed by atoms with Crippen molar-refractivity contribution in [1.29, 1.82) is 0 Å². The Morgan fingerprint density at radius 3 is 2.88 bits per heavy atom. The zero-order valence-corrected chi connectivity index (χ0v) is 19.0. The molecule has 2 saturated heterocycles. The van der Waals surface area contributed by atoms with Crippen molar-refractivity contribution < 1.29 is 14.6 Å². The fraction of sp³-hybridized carbons (Fsp3) is 0.545. The maximum absolute atomic E-state index is 9.40. The van der Waals surface area contributed by atoms with E-state index in [0.717, 1.165) is 84.5 Å². The Morgan fingerprint density at radius 1 is 1.22 bits per heavy atom. The van der Waals surface area contributed by atoms with Gasteiger partial charge in [-0.3, -0.25) is 0 Å². The van der Waals surface area contributed by atoms with Crippen molar-refractivity contribution in [3.63, 3.8) is 0 Å². The molecule has 32 heavy (non-hydrogen) atoms. The lowest BCUT2D eigenvalue weighted by Crippen LogP contribution is -2.39. The molecule has 0 radical (unpaired) electrons. The standard InChI is InChI=1S/C22H28N6O3S/c1-30-20(22-23-12-17(14-29)32-22)15-3-2-6-28(13-15)21-18-5-4-16(11-19(18)24-26-25-21)27-7-9-31-10-8-27/h4-5,11-12,15,20,29H,2-3,6-10,13-14H2,1H3/t15-,20-/m0/s1. The van der Waals surface area contributed by atoms with Crippen molar-refractivity contribution in [2.24, 2.45) is 5.92 Å². The number of hydrogen-bond donors (Lipinski definition) is 1. The summed E-state index contributed by atoms with van der Waals surface area (Å²) in [6.45, 7) is 5.02. The van der Waals surface area contributed by atoms with Crippen molar-refractivity contribution in [3.8, 4) is 0 Å². The number of anilines is 2. The Bertz CT molecular complexity index is 1060. The normalized spacial score (nSPS) is 20.6. The molecular formula is C22H28N6O3S. The van der Waals surface area contributed by atoms with E-state index in [-0.39, 0.29) is 18.6 Å². The van der Waals surface area contributed by atoms with Gasteiger partial charge in [0.15, 0.2) is 5.82 Å². The summed E-state index contributed by atoms with van der Waals surface area (Å²) in [5, 5.41) is 24.2. The summed E-state index contributed by atoms with van der Waals surface area (Å²) in [5.74, 6) is 1.15. The molecule has 9 nitrogen and oxygen atoms in total. The fourth-order valence-corrected chi connectivity index (χ4v) is 5.63. The van der Waals surface area contributed by atoms with Crippen LogP contribution >= 0.6 is 11.3 Å². The number of morpholine rings is 1. The van der Waals surface area contributed by atoms with Gasteiger partial charge in [-0.15, -0.1) is 21.5 Å². The van der Waals surface area contributed by atoms with Gasteiger partial charge in [-0.2, -0.15) is 0 Å². The fourth-order valence-electron chi connectivity index (χ4n) is 4.68. The predicted octanol–water partition coefficient (Wildman–Crippen LogP) is 2.41. The van der Waals surface area contributed by atoms with E-state index in [9.17, 15) is 5.11 Å². The van der Waals surface area contributed by atoms with E-state index in [4.69, 9.17) is 9.47 Å². The summed E-state index contributed by atoms with van der Waals surface area (Å²) in [5.41, 5.74) is 2.00. The minimum Gasteiger partial charge on any atom is -0.391 e. The molecule has 0 bridgehead atoms. The van der Waals surface area contributed by atoms with E-state index in [1.165, 1.54) is 11.3 Å². The average molecular weight is 457 g/mol. The third-order valence-corrected chi connectivity index (χ3v) is 7.34. The third-order valence-electron chi connectivity index (χ3n) is 6.30. The summed E-state index contributed by atoms with van der Waals surface area (Å²) < 4.78 is 11.3. The second-order valence-electron chi connectivity index (χ2n) is 8.24. The molecular weight excluding hydrogens is 428 g/mol. The molecule has 0 amide bonds. The zero-order valence-electron chi connectivity index (χ0n) is 18.2. The van der Waals surface area contributed by atoms with Crippen LogP contribution in [0.1, 0.15) is 28.8 Å². The number of piperidine rings is 1. The van der Waals surface area contributed by atoms with Crippen molar-refractivity contribution in [1.82, 2.24) is 20.4 Å². The van der Waals surface area contributed by atoms with E-state index >= 15 is 0 Å². The lowest BCUT2D eigenvalue weighted by molar-refractivity contribution is 0.0446. The quantitative estimate of drug-likeness (QED) is 0.600. The van der Waals surface area contributed by atoms with E-state index < -0.39 is 0 Å². The number of aromatic nitrogens is 4. The van der Waals surface area contributed by atoms with Crippen molar-refractivity contribution >= 4 is 33.7 Å². The lowest BCUT2D eigenvalue weighted by Gasteiger charge is -2.36. The van der Waals surface area contributed by atoms with Crippen LogP contribution in [0.4, 0.5) is 11.5 Å². The number of aliphatic hydroxyl groups excluding tert-OH is 1. The summed E-state index contributed by atoms with van der Waals surface area (Å²) in [4.78, 5) is 9.97. The molecule has 2 fully saturated rings. The van der Waals surface area contributed by atoms with Gasteiger partial charge in [-0.25, -0.2) is 4.98 Å². The molecule has 1 N–H and O–H groups in total. The van der Waals surface area contributed by atoms with Gasteiger partial charge in [-0.05, 0) is 36.3 Å². The number of benzene rings is 1. The van der Waals surface area contributed by atoms with E-state index in [1.54, 1.807) is 13.3 Å². The first-order chi connectivity index (χ1) is 15.8. The first-order valence-electron chi connectivity index (χ1n) is 11.1. The van der Waals surface area contributed by atoms with Gasteiger partial charge < -0.3 is 24.4 Å². The molecule has 170 valence electrons. The molecule has 0 aliphatic carbocycles. The summed E-state index contributed by atoms with van der Waals surface area (Å²) in [6.07, 6.45) is 3.73. The van der Waals surface area contributed by atoms with Gasteiger partial charge in [0.25, 0.3) is 0 Å². The predicted molar refractivity (Wildman–Crippen MR) is 123 cm³/mol. The van der Waals surface area contributed by atoms with Crippen LogP contribution in [-0.2, 0) is 16.1 Å². The molecule has 2 atom stereocenters. The summed E-state index contributed by atoms with van der Waals surface area (Å²) >= 11 is 1.52. The summed E-state index contributed by atoms with van der Waals surface area (Å²) in [7, 11) is 1.73. The van der Waals surface area contributed by atoms with Gasteiger partial charge in [0.1, 0.15) is 16.6 Å². The van der Waals surface area contributed by atoms with Gasteiger partial charge >= 0.3 is 0 Å². The lowest BCUT2D eigenvalue weighted by atomic mass is 9.92. The maximum Gasteiger partial charge on any atom is 0.162 e. The Balaban J connectivity index is 1.39. The number of nitrogens with zero attached hydrogens (tertiary/aromatic N) is 6. The number of hydrogen-bond acceptors (Lipinski definition) is 10. The van der Waals surface area contributed by atoms with Crippen LogP contribution in [-0.4, -0.2) is 72.0 Å². The minimum absolute atomic E-state index is 0.00985. The number of thiazole rings is 1. The molecule has 5 rings (SSSR count). The second-order valence-corrected chi connectivity index (χ2v) is 9.39. The van der Waals surface area contributed by atoms with Crippen LogP contribution in [0.15, 0.2) is 24.4 Å². The highest BCUT2D eigenvalue weighted by atomic mass is 32.1. The Morgan fingerprint density at radius 2 is 2.09 bits per heavy atom. The Labute approximate surface area is 191 Å². The van der Waals surface area contributed by atoms with E-state index in [0.29, 0.717) is 0 Å². The van der Waals surface area contributed by atoms with Crippen LogP contribution in [0.5, 0.6) is 0 Å². The molecule has 0 saturated carbocycles. The summed E-state index contributed by atoms with van der Waals surface area (Å²) in [6, 6.07) is 6.36. The molecule has 1 aromatic carbocycles. The zero-order chi connectivity index (χ0) is 21.9. The monoisotopic (exact) mass is 456 g/mol. The minimum atomic E-state index is -0.0999. The maximum atomic E-state index is 9.40. The molecule has 10 heteroatoms. The largest absolute Gasteiger partial charge is 0.391 e. The number of methoxy groups -OCH3 is 1. The molecule has 4 heterocycles. The highest BCUT2D eigenvalue weighted by molar-refractivity contribution is 7.11. The first kappa shape index (κ1) is 21.4. The highest BCUT2D eigenvalue weighted by Gasteiger charge is 2.32. The first-order valence-corrected chi connectivity index (χ1v) is 11.9. The number of ether oxygens (including phenoxy) is 2. The van der Waals surface area contributed by atoms with Crippen LogP contribution in [0.3, 0.4) is 0 Å². The van der Waals surface area contributed by atoms with Gasteiger partial charge in [0.2, 0.25) is 0 Å². The molecule has 2 aliphatic heterocycles. The Kier molecular flexibility index (Phi) is 6.44.